The third-order valence-corrected chi connectivity index (χ3v) is 6.69. The number of aromatic nitrogens is 2. The Hall–Kier alpha value is -2.18. The highest BCUT2D eigenvalue weighted by molar-refractivity contribution is 7.18. The molecule has 0 aliphatic heterocycles. The number of nitrogens with one attached hydrogen (secondary N) is 1. The smallest absolute Gasteiger partial charge is 0.311 e. The number of carbonyl (C=O) groups is 1. The first-order valence-electron chi connectivity index (χ1n) is 9.39. The average Bonchev–Trinajstić information content (AvgIpc) is 3.01. The summed E-state index contributed by atoms with van der Waals surface area (Å²) in [5.41, 5.74) is 1.70. The molecule has 0 unspecified atom stereocenters. The Balaban J connectivity index is 1.56. The molecule has 0 fully saturated rings. The summed E-state index contributed by atoms with van der Waals surface area (Å²) >= 11 is 7.69. The average molecular weight is 417 g/mol. The number of fused-ring (bicyclic) bond motifs is 3. The second-order valence-electron chi connectivity index (χ2n) is 7.38. The Morgan fingerprint density at radius 1 is 1.43 bits per heavy atom. The first-order valence-corrected chi connectivity index (χ1v) is 10.6. The maximum absolute atomic E-state index is 12.7. The van der Waals surface area contributed by atoms with E-state index in [-0.39, 0.29) is 12.0 Å². The van der Waals surface area contributed by atoms with Crippen LogP contribution in [-0.2, 0) is 28.8 Å². The molecule has 1 N–H and O–H groups in total. The van der Waals surface area contributed by atoms with Crippen LogP contribution in [0.3, 0.4) is 0 Å². The van der Waals surface area contributed by atoms with E-state index in [2.05, 4.69) is 16.9 Å². The zero-order valence-electron chi connectivity index (χ0n) is 15.8. The van der Waals surface area contributed by atoms with Crippen LogP contribution in [0.1, 0.15) is 48.2 Å². The lowest BCUT2D eigenvalue weighted by molar-refractivity contribution is -0.148. The van der Waals surface area contributed by atoms with Crippen LogP contribution in [0.25, 0.3) is 10.2 Å². The van der Waals surface area contributed by atoms with Crippen molar-refractivity contribution < 1.29 is 9.53 Å². The van der Waals surface area contributed by atoms with Crippen molar-refractivity contribution in [3.05, 3.63) is 61.5 Å². The number of thiophene rings is 1. The van der Waals surface area contributed by atoms with Gasteiger partial charge in [0.15, 0.2) is 11.9 Å². The van der Waals surface area contributed by atoms with Crippen LogP contribution in [0.2, 0.25) is 5.02 Å². The van der Waals surface area contributed by atoms with Gasteiger partial charge < -0.3 is 9.72 Å². The first kappa shape index (κ1) is 19.2. The van der Waals surface area contributed by atoms with Gasteiger partial charge in [-0.3, -0.25) is 9.59 Å². The standard InChI is InChI=1S/C21H21ClN2O3S/c1-11-7-8-14-16(9-11)28-21-18(14)20(26)23-19(24-21)12(2)27-17(25)10-13-5-3-4-6-15(13)22/h3-6,11-12H,7-10H2,1-2H3,(H,23,24,26)/t11-,12+/m0/s1. The zero-order chi connectivity index (χ0) is 19.8. The number of halogens is 1. The molecule has 0 bridgehead atoms. The minimum atomic E-state index is -0.648. The lowest BCUT2D eigenvalue weighted by Gasteiger charge is -2.17. The Bertz CT molecular complexity index is 1100. The fourth-order valence-corrected chi connectivity index (χ4v) is 5.24. The van der Waals surface area contributed by atoms with Gasteiger partial charge in [0, 0.05) is 9.90 Å². The number of hydrogen-bond acceptors (Lipinski definition) is 5. The number of hydrogen-bond donors (Lipinski definition) is 1. The lowest BCUT2D eigenvalue weighted by Crippen LogP contribution is -2.19. The molecule has 2 aromatic heterocycles. The quantitative estimate of drug-likeness (QED) is 0.630. The third-order valence-electron chi connectivity index (χ3n) is 5.17. The first-order chi connectivity index (χ1) is 13.4. The second kappa shape index (κ2) is 7.68. The van der Waals surface area contributed by atoms with Crippen molar-refractivity contribution in [2.45, 2.75) is 45.6 Å². The highest BCUT2D eigenvalue weighted by atomic mass is 35.5. The summed E-state index contributed by atoms with van der Waals surface area (Å²) in [5, 5.41) is 1.23. The van der Waals surface area contributed by atoms with Gasteiger partial charge in [0.25, 0.3) is 5.56 Å². The number of rotatable bonds is 4. The fraction of sp³-hybridized carbons (Fsp3) is 0.381. The molecule has 7 heteroatoms. The molecule has 0 saturated heterocycles. The minimum Gasteiger partial charge on any atom is -0.454 e. The molecule has 0 amide bonds. The summed E-state index contributed by atoms with van der Waals surface area (Å²) in [6.07, 6.45) is 2.43. The van der Waals surface area contributed by atoms with Crippen LogP contribution >= 0.6 is 22.9 Å². The van der Waals surface area contributed by atoms with Crippen LogP contribution < -0.4 is 5.56 Å². The molecule has 0 radical (unpaired) electrons. The predicted octanol–water partition coefficient (Wildman–Crippen LogP) is 4.61. The molecule has 1 aliphatic rings. The summed E-state index contributed by atoms with van der Waals surface area (Å²) in [7, 11) is 0. The third kappa shape index (κ3) is 3.71. The summed E-state index contributed by atoms with van der Waals surface area (Å²) in [4.78, 5) is 34.4. The van der Waals surface area contributed by atoms with E-state index in [0.29, 0.717) is 27.7 Å². The normalized spacial score (nSPS) is 17.3. The van der Waals surface area contributed by atoms with Gasteiger partial charge in [0.05, 0.1) is 11.8 Å². The Labute approximate surface area is 171 Å². The van der Waals surface area contributed by atoms with E-state index in [4.69, 9.17) is 16.3 Å². The van der Waals surface area contributed by atoms with Crippen LogP contribution in [0, 0.1) is 5.92 Å². The van der Waals surface area contributed by atoms with E-state index in [9.17, 15) is 9.59 Å². The fourth-order valence-electron chi connectivity index (χ4n) is 3.65. The topological polar surface area (TPSA) is 72.0 Å². The van der Waals surface area contributed by atoms with Crippen LogP contribution in [0.5, 0.6) is 0 Å². The van der Waals surface area contributed by atoms with E-state index in [1.165, 1.54) is 4.88 Å². The molecule has 2 atom stereocenters. The maximum atomic E-state index is 12.7. The van der Waals surface area contributed by atoms with E-state index in [0.717, 1.165) is 29.7 Å². The van der Waals surface area contributed by atoms with Gasteiger partial charge in [-0.1, -0.05) is 36.7 Å². The van der Waals surface area contributed by atoms with Crippen LogP contribution in [-0.4, -0.2) is 15.9 Å². The van der Waals surface area contributed by atoms with Gasteiger partial charge >= 0.3 is 5.97 Å². The van der Waals surface area contributed by atoms with Gasteiger partial charge in [-0.25, -0.2) is 4.98 Å². The largest absolute Gasteiger partial charge is 0.454 e. The SMILES string of the molecule is C[C@H]1CCc2c(sc3nc([C@@H](C)OC(=O)Cc4ccccc4Cl)[nH]c(=O)c23)C1. The number of aromatic amines is 1. The van der Waals surface area contributed by atoms with Crippen molar-refractivity contribution in [2.75, 3.05) is 0 Å². The number of nitrogens with zero attached hydrogens (tertiary/aromatic N) is 1. The van der Waals surface area contributed by atoms with E-state index < -0.39 is 12.1 Å². The number of H-pyrrole nitrogens is 1. The number of benzene rings is 1. The maximum Gasteiger partial charge on any atom is 0.311 e. The molecule has 2 heterocycles. The number of esters is 1. The van der Waals surface area contributed by atoms with Crippen molar-refractivity contribution in [1.82, 2.24) is 9.97 Å². The highest BCUT2D eigenvalue weighted by Gasteiger charge is 2.24. The van der Waals surface area contributed by atoms with E-state index in [1.54, 1.807) is 30.4 Å². The van der Waals surface area contributed by atoms with Crippen molar-refractivity contribution in [1.29, 1.82) is 0 Å². The number of ether oxygens (including phenoxy) is 1. The van der Waals surface area contributed by atoms with Gasteiger partial charge in [0.2, 0.25) is 0 Å². The summed E-state index contributed by atoms with van der Waals surface area (Å²) in [5.74, 6) is 0.586. The molecule has 1 aromatic carbocycles. The molecule has 146 valence electrons. The van der Waals surface area contributed by atoms with Crippen LogP contribution in [0.4, 0.5) is 0 Å². The van der Waals surface area contributed by atoms with Crippen LogP contribution in [0.15, 0.2) is 29.1 Å². The van der Waals surface area contributed by atoms with Crippen molar-refractivity contribution >= 4 is 39.1 Å². The second-order valence-corrected chi connectivity index (χ2v) is 8.87. The Kier molecular flexibility index (Phi) is 5.25. The van der Waals surface area contributed by atoms with Gasteiger partial charge in [-0.2, -0.15) is 0 Å². The molecule has 28 heavy (non-hydrogen) atoms. The molecule has 3 aromatic rings. The van der Waals surface area contributed by atoms with E-state index in [1.807, 2.05) is 12.1 Å². The molecular formula is C21H21ClN2O3S. The Morgan fingerprint density at radius 2 is 2.21 bits per heavy atom. The predicted molar refractivity (Wildman–Crippen MR) is 111 cm³/mol. The molecule has 0 spiro atoms. The molecule has 1 aliphatic carbocycles. The summed E-state index contributed by atoms with van der Waals surface area (Å²) < 4.78 is 5.49. The van der Waals surface area contributed by atoms with E-state index >= 15 is 0 Å². The Morgan fingerprint density at radius 3 is 3.00 bits per heavy atom. The monoisotopic (exact) mass is 416 g/mol. The van der Waals surface area contributed by atoms with Gasteiger partial charge in [-0.15, -0.1) is 11.3 Å². The molecular weight excluding hydrogens is 396 g/mol. The van der Waals surface area contributed by atoms with Gasteiger partial charge in [0.1, 0.15) is 4.83 Å². The number of carbonyl (C=O) groups excluding carboxylic acids is 1. The highest BCUT2D eigenvalue weighted by Crippen LogP contribution is 2.36. The zero-order valence-corrected chi connectivity index (χ0v) is 17.3. The summed E-state index contributed by atoms with van der Waals surface area (Å²) in [6, 6.07) is 7.16. The van der Waals surface area contributed by atoms with Crippen molar-refractivity contribution in [3.63, 3.8) is 0 Å². The molecule has 5 nitrogen and oxygen atoms in total. The van der Waals surface area contributed by atoms with Crippen molar-refractivity contribution in [3.8, 4) is 0 Å². The van der Waals surface area contributed by atoms with Gasteiger partial charge in [-0.05, 0) is 49.3 Å². The number of aryl methyl sites for hydroxylation is 1. The minimum absolute atomic E-state index is 0.0711. The van der Waals surface area contributed by atoms with Crippen molar-refractivity contribution in [2.24, 2.45) is 5.92 Å². The molecule has 4 rings (SSSR count). The summed E-state index contributed by atoms with van der Waals surface area (Å²) in [6.45, 7) is 3.95. The molecule has 0 saturated carbocycles. The lowest BCUT2D eigenvalue weighted by atomic mass is 9.89.